The summed E-state index contributed by atoms with van der Waals surface area (Å²) in [5.41, 5.74) is -0.488. The van der Waals surface area contributed by atoms with E-state index in [1.54, 1.807) is 27.7 Å². The van der Waals surface area contributed by atoms with Crippen LogP contribution in [0.4, 0.5) is 9.18 Å². The van der Waals surface area contributed by atoms with Gasteiger partial charge in [-0.15, -0.1) is 0 Å². The van der Waals surface area contributed by atoms with E-state index in [9.17, 15) is 17.6 Å². The Hall–Kier alpha value is -1.94. The Morgan fingerprint density at radius 3 is 2.60 bits per heavy atom. The van der Waals surface area contributed by atoms with Gasteiger partial charge in [0.05, 0.1) is 25.6 Å². The van der Waals surface area contributed by atoms with Crippen molar-refractivity contribution in [2.24, 2.45) is 0 Å². The molecule has 1 aromatic heterocycles. The van der Waals surface area contributed by atoms with Gasteiger partial charge in [-0.05, 0) is 33.8 Å². The van der Waals surface area contributed by atoms with Crippen LogP contribution in [0.2, 0.25) is 0 Å². The molecule has 0 fully saturated rings. The van der Waals surface area contributed by atoms with Crippen molar-refractivity contribution in [3.63, 3.8) is 0 Å². The van der Waals surface area contributed by atoms with Gasteiger partial charge in [0.25, 0.3) is 10.1 Å². The minimum atomic E-state index is -3.70. The summed E-state index contributed by atoms with van der Waals surface area (Å²) in [6.07, 6.45) is 0.694. The van der Waals surface area contributed by atoms with Crippen LogP contribution < -0.4 is 10.1 Å². The molecule has 142 valence electrons. The number of ether oxygens (including phenoxy) is 2. The number of hydrogen-bond acceptors (Lipinski definition) is 7. The van der Waals surface area contributed by atoms with Crippen molar-refractivity contribution in [1.29, 1.82) is 0 Å². The van der Waals surface area contributed by atoms with Crippen LogP contribution in [0.15, 0.2) is 12.3 Å². The van der Waals surface area contributed by atoms with Crippen LogP contribution in [-0.2, 0) is 25.6 Å². The first kappa shape index (κ1) is 21.1. The highest BCUT2D eigenvalue weighted by Gasteiger charge is 2.18. The maximum Gasteiger partial charge on any atom is 0.407 e. The lowest BCUT2D eigenvalue weighted by Crippen LogP contribution is -2.37. The van der Waals surface area contributed by atoms with E-state index in [2.05, 4.69) is 14.5 Å². The lowest BCUT2D eigenvalue weighted by molar-refractivity contribution is 0.0503. The van der Waals surface area contributed by atoms with Crippen molar-refractivity contribution in [2.75, 3.05) is 12.8 Å². The number of carbonyl (C=O) groups excluding carboxylic acids is 1. The smallest absolute Gasteiger partial charge is 0.407 e. The van der Waals surface area contributed by atoms with Gasteiger partial charge < -0.3 is 14.8 Å². The zero-order valence-corrected chi connectivity index (χ0v) is 15.6. The van der Waals surface area contributed by atoms with Crippen LogP contribution in [0.25, 0.3) is 0 Å². The molecule has 0 radical (unpaired) electrons. The first-order valence-corrected chi connectivity index (χ1v) is 9.30. The van der Waals surface area contributed by atoms with Crippen molar-refractivity contribution in [3.05, 3.63) is 23.6 Å². The van der Waals surface area contributed by atoms with Gasteiger partial charge in [0.15, 0.2) is 0 Å². The van der Waals surface area contributed by atoms with Gasteiger partial charge in [-0.1, -0.05) is 0 Å². The number of amides is 1. The molecular weight excluding hydrogens is 355 g/mol. The summed E-state index contributed by atoms with van der Waals surface area (Å²) in [5, 5.41) is 2.53. The fourth-order valence-electron chi connectivity index (χ4n) is 1.62. The van der Waals surface area contributed by atoms with Crippen LogP contribution >= 0.6 is 0 Å². The quantitative estimate of drug-likeness (QED) is 0.724. The zero-order valence-electron chi connectivity index (χ0n) is 14.8. The highest BCUT2D eigenvalue weighted by Crippen LogP contribution is 2.19. The average molecular weight is 378 g/mol. The molecule has 0 aliphatic carbocycles. The van der Waals surface area contributed by atoms with E-state index in [0.29, 0.717) is 0 Å². The molecule has 10 heteroatoms. The maximum absolute atomic E-state index is 13.3. The number of halogens is 1. The third-order valence-electron chi connectivity index (χ3n) is 2.57. The summed E-state index contributed by atoms with van der Waals surface area (Å²) in [7, 11) is -3.70. The van der Waals surface area contributed by atoms with Crippen LogP contribution in [0.5, 0.6) is 5.88 Å². The van der Waals surface area contributed by atoms with E-state index in [1.807, 2.05) is 0 Å². The summed E-state index contributed by atoms with van der Waals surface area (Å²) in [6.45, 7) is 6.57. The van der Waals surface area contributed by atoms with E-state index in [4.69, 9.17) is 9.47 Å². The Kier molecular flexibility index (Phi) is 7.12. The normalized spacial score (nSPS) is 13.2. The fourth-order valence-corrected chi connectivity index (χ4v) is 1.96. The number of alkyl carbamates (subject to hydrolysis) is 1. The van der Waals surface area contributed by atoms with E-state index in [-0.39, 0.29) is 18.0 Å². The van der Waals surface area contributed by atoms with E-state index in [0.717, 1.165) is 18.5 Å². The van der Waals surface area contributed by atoms with Crippen LogP contribution in [0.1, 0.15) is 33.3 Å². The molecule has 0 unspecified atom stereocenters. The highest BCUT2D eigenvalue weighted by molar-refractivity contribution is 7.85. The van der Waals surface area contributed by atoms with Gasteiger partial charge >= 0.3 is 6.09 Å². The van der Waals surface area contributed by atoms with Crippen LogP contribution in [0.3, 0.4) is 0 Å². The highest BCUT2D eigenvalue weighted by atomic mass is 32.2. The van der Waals surface area contributed by atoms with E-state index < -0.39 is 40.3 Å². The lowest BCUT2D eigenvalue weighted by Gasteiger charge is -2.21. The molecule has 1 aromatic rings. The van der Waals surface area contributed by atoms with Crippen molar-refractivity contribution < 1.29 is 31.3 Å². The van der Waals surface area contributed by atoms with Gasteiger partial charge in [0, 0.05) is 5.56 Å². The third-order valence-corrected chi connectivity index (χ3v) is 3.11. The maximum atomic E-state index is 13.3. The van der Waals surface area contributed by atoms with Gasteiger partial charge in [0.2, 0.25) is 5.88 Å². The van der Waals surface area contributed by atoms with E-state index in [1.165, 1.54) is 0 Å². The number of rotatable bonds is 7. The Morgan fingerprint density at radius 2 is 2.04 bits per heavy atom. The number of aromatic nitrogens is 1. The zero-order chi connectivity index (χ0) is 19.3. The molecule has 0 saturated heterocycles. The molecule has 1 amide bonds. The summed E-state index contributed by atoms with van der Waals surface area (Å²) in [6, 6.07) is 1.07. The second-order valence-electron chi connectivity index (χ2n) is 6.40. The summed E-state index contributed by atoms with van der Waals surface area (Å²) < 4.78 is 50.7. The molecular formula is C15H23FN2O6S. The molecule has 0 bridgehead atoms. The van der Waals surface area contributed by atoms with Gasteiger partial charge in [-0.2, -0.15) is 8.42 Å². The summed E-state index contributed by atoms with van der Waals surface area (Å²) in [4.78, 5) is 15.4. The Balaban J connectivity index is 2.67. The first-order valence-electron chi connectivity index (χ1n) is 7.48. The van der Waals surface area contributed by atoms with Crippen molar-refractivity contribution in [1.82, 2.24) is 10.3 Å². The predicted molar refractivity (Wildman–Crippen MR) is 88.2 cm³/mol. The Labute approximate surface area is 146 Å². The second-order valence-corrected chi connectivity index (χ2v) is 8.04. The SMILES string of the molecule is C[C@@H](CNC(=O)OC(C)(C)C)Oc1ncc(F)cc1COS(C)(=O)=O. The van der Waals surface area contributed by atoms with Gasteiger partial charge in [0.1, 0.15) is 17.5 Å². The fraction of sp³-hybridized carbons (Fsp3) is 0.600. The van der Waals surface area contributed by atoms with Crippen molar-refractivity contribution >= 4 is 16.2 Å². The molecule has 1 heterocycles. The molecule has 0 spiro atoms. The molecule has 8 nitrogen and oxygen atoms in total. The van der Waals surface area contributed by atoms with Gasteiger partial charge in [-0.25, -0.2) is 14.2 Å². The average Bonchev–Trinajstić information content (AvgIpc) is 2.43. The van der Waals surface area contributed by atoms with E-state index >= 15 is 0 Å². The third kappa shape index (κ3) is 9.20. The number of pyridine rings is 1. The minimum Gasteiger partial charge on any atom is -0.473 e. The molecule has 0 saturated carbocycles. The van der Waals surface area contributed by atoms with Crippen molar-refractivity contribution in [2.45, 2.75) is 46.0 Å². The largest absolute Gasteiger partial charge is 0.473 e. The van der Waals surface area contributed by atoms with Crippen LogP contribution in [-0.4, -0.2) is 44.0 Å². The van der Waals surface area contributed by atoms with Gasteiger partial charge in [-0.3, -0.25) is 4.18 Å². The summed E-state index contributed by atoms with van der Waals surface area (Å²) in [5.74, 6) is -0.637. The van der Waals surface area contributed by atoms with Crippen LogP contribution in [0, 0.1) is 5.82 Å². The number of hydrogen-bond donors (Lipinski definition) is 1. The standard InChI is InChI=1S/C15H23FN2O6S/c1-10(7-18-14(19)24-15(2,3)4)23-13-11(6-12(16)8-17-13)9-22-25(5,20)21/h6,8,10H,7,9H2,1-5H3,(H,18,19)/t10-/m0/s1. The minimum absolute atomic E-state index is 0.0172. The second kappa shape index (κ2) is 8.43. The number of nitrogens with one attached hydrogen (secondary N) is 1. The topological polar surface area (TPSA) is 104 Å². The van der Waals surface area contributed by atoms with Crippen molar-refractivity contribution in [3.8, 4) is 5.88 Å². The molecule has 25 heavy (non-hydrogen) atoms. The molecule has 1 atom stereocenters. The molecule has 0 aliphatic heterocycles. The summed E-state index contributed by atoms with van der Waals surface area (Å²) >= 11 is 0. The molecule has 1 N–H and O–H groups in total. The predicted octanol–water partition coefficient (Wildman–Crippen LogP) is 1.99. The number of nitrogens with zero attached hydrogens (tertiary/aromatic N) is 1. The molecule has 0 aromatic carbocycles. The molecule has 1 rings (SSSR count). The lowest BCUT2D eigenvalue weighted by atomic mass is 10.2. The Morgan fingerprint density at radius 1 is 1.40 bits per heavy atom. The monoisotopic (exact) mass is 378 g/mol. The number of carbonyl (C=O) groups is 1. The molecule has 0 aliphatic rings. The first-order chi connectivity index (χ1) is 11.4. The Bertz CT molecular complexity index is 702.